The largest absolute Gasteiger partial charge is 0.271 e. The molecule has 2 aromatic carbocycles. The second kappa shape index (κ2) is 6.48. The number of rotatable bonds is 3. The van der Waals surface area contributed by atoms with Gasteiger partial charge in [0.05, 0.1) is 5.71 Å². The predicted molar refractivity (Wildman–Crippen MR) is 85.0 cm³/mol. The summed E-state index contributed by atoms with van der Waals surface area (Å²) in [6, 6.07) is 15.1. The molecule has 0 aromatic heterocycles. The van der Waals surface area contributed by atoms with Crippen LogP contribution in [0.25, 0.3) is 0 Å². The number of hydrogen-bond donors (Lipinski definition) is 1. The van der Waals surface area contributed by atoms with E-state index in [9.17, 15) is 4.79 Å². The molecule has 4 heteroatoms. The van der Waals surface area contributed by atoms with E-state index in [0.29, 0.717) is 5.56 Å². The highest BCUT2D eigenvalue weighted by Crippen LogP contribution is 2.10. The summed E-state index contributed by atoms with van der Waals surface area (Å²) in [4.78, 5) is 11.9. The summed E-state index contributed by atoms with van der Waals surface area (Å²) < 4.78 is 0.938. The lowest BCUT2D eigenvalue weighted by Crippen LogP contribution is -2.19. The number of aryl methyl sites for hydroxylation is 1. The minimum Gasteiger partial charge on any atom is -0.267 e. The van der Waals surface area contributed by atoms with Crippen molar-refractivity contribution in [1.29, 1.82) is 0 Å². The maximum atomic E-state index is 11.9. The van der Waals surface area contributed by atoms with Crippen LogP contribution in [-0.2, 0) is 0 Å². The van der Waals surface area contributed by atoms with E-state index in [4.69, 9.17) is 0 Å². The van der Waals surface area contributed by atoms with Crippen LogP contribution < -0.4 is 5.43 Å². The van der Waals surface area contributed by atoms with E-state index in [1.54, 1.807) is 12.1 Å². The monoisotopic (exact) mass is 330 g/mol. The van der Waals surface area contributed by atoms with E-state index in [0.717, 1.165) is 21.3 Å². The Hall–Kier alpha value is -1.94. The molecule has 3 nitrogen and oxygen atoms in total. The first-order valence-electron chi connectivity index (χ1n) is 6.23. The quantitative estimate of drug-likeness (QED) is 0.672. The molecule has 0 heterocycles. The van der Waals surface area contributed by atoms with Crippen molar-refractivity contribution in [3.05, 3.63) is 69.7 Å². The van der Waals surface area contributed by atoms with Gasteiger partial charge >= 0.3 is 0 Å². The first kappa shape index (κ1) is 14.5. The lowest BCUT2D eigenvalue weighted by atomic mass is 10.1. The number of amides is 1. The molecule has 0 atom stereocenters. The van der Waals surface area contributed by atoms with Gasteiger partial charge in [-0.3, -0.25) is 4.79 Å². The Kier molecular flexibility index (Phi) is 4.69. The molecule has 0 unspecified atom stereocenters. The van der Waals surface area contributed by atoms with Gasteiger partial charge in [0.1, 0.15) is 0 Å². The first-order chi connectivity index (χ1) is 9.56. The molecule has 0 saturated heterocycles. The van der Waals surface area contributed by atoms with Crippen molar-refractivity contribution < 1.29 is 4.79 Å². The molecule has 0 saturated carbocycles. The molecule has 1 N–H and O–H groups in total. The second-order valence-electron chi connectivity index (χ2n) is 4.51. The molecule has 1 amide bonds. The average molecular weight is 331 g/mol. The van der Waals surface area contributed by atoms with Gasteiger partial charge in [-0.25, -0.2) is 5.43 Å². The summed E-state index contributed by atoms with van der Waals surface area (Å²) >= 11 is 3.33. The van der Waals surface area contributed by atoms with Gasteiger partial charge in [-0.2, -0.15) is 5.10 Å². The zero-order valence-corrected chi connectivity index (χ0v) is 12.9. The van der Waals surface area contributed by atoms with E-state index in [-0.39, 0.29) is 5.91 Å². The van der Waals surface area contributed by atoms with Gasteiger partial charge in [0.2, 0.25) is 0 Å². The summed E-state index contributed by atoms with van der Waals surface area (Å²) in [5.41, 5.74) is 6.09. The smallest absolute Gasteiger partial charge is 0.267 e. The van der Waals surface area contributed by atoms with Crippen LogP contribution in [0.15, 0.2) is 58.1 Å². The minimum absolute atomic E-state index is 0.218. The van der Waals surface area contributed by atoms with Crippen molar-refractivity contribution in [1.82, 2.24) is 5.43 Å². The van der Waals surface area contributed by atoms with Crippen molar-refractivity contribution in [2.24, 2.45) is 5.10 Å². The van der Waals surface area contributed by atoms with Crippen LogP contribution in [0.3, 0.4) is 0 Å². The molecule has 0 aliphatic heterocycles. The van der Waals surface area contributed by atoms with Gasteiger partial charge < -0.3 is 0 Å². The third-order valence-electron chi connectivity index (χ3n) is 2.87. The Labute approximate surface area is 126 Å². The van der Waals surface area contributed by atoms with Crippen molar-refractivity contribution in [3.8, 4) is 0 Å². The summed E-state index contributed by atoms with van der Waals surface area (Å²) in [7, 11) is 0. The number of carbonyl (C=O) groups excluding carboxylic acids is 1. The van der Waals surface area contributed by atoms with E-state index >= 15 is 0 Å². The fraction of sp³-hybridized carbons (Fsp3) is 0.125. The van der Waals surface area contributed by atoms with Crippen molar-refractivity contribution in [2.75, 3.05) is 0 Å². The number of carbonyl (C=O) groups is 1. The van der Waals surface area contributed by atoms with E-state index in [2.05, 4.69) is 26.5 Å². The molecular formula is C16H15BrN2O. The zero-order valence-electron chi connectivity index (χ0n) is 11.4. The topological polar surface area (TPSA) is 41.5 Å². The number of hydrogen-bond acceptors (Lipinski definition) is 2. The van der Waals surface area contributed by atoms with Gasteiger partial charge in [0, 0.05) is 10.0 Å². The lowest BCUT2D eigenvalue weighted by Gasteiger charge is -2.04. The van der Waals surface area contributed by atoms with Crippen LogP contribution in [0.4, 0.5) is 0 Å². The van der Waals surface area contributed by atoms with Gasteiger partial charge in [0.15, 0.2) is 0 Å². The Morgan fingerprint density at radius 2 is 1.80 bits per heavy atom. The molecule has 0 aliphatic carbocycles. The van der Waals surface area contributed by atoms with Gasteiger partial charge in [-0.15, -0.1) is 0 Å². The molecule has 0 spiro atoms. The molecule has 0 fully saturated rings. The highest BCUT2D eigenvalue weighted by Gasteiger charge is 2.04. The molecule has 20 heavy (non-hydrogen) atoms. The van der Waals surface area contributed by atoms with Crippen LogP contribution in [0.2, 0.25) is 0 Å². The summed E-state index contributed by atoms with van der Waals surface area (Å²) in [5.74, 6) is -0.218. The van der Waals surface area contributed by atoms with E-state index in [1.165, 1.54) is 0 Å². The Balaban J connectivity index is 2.08. The van der Waals surface area contributed by atoms with E-state index < -0.39 is 0 Å². The minimum atomic E-state index is -0.218. The van der Waals surface area contributed by atoms with Crippen LogP contribution >= 0.6 is 15.9 Å². The maximum Gasteiger partial charge on any atom is 0.271 e. The van der Waals surface area contributed by atoms with Crippen molar-refractivity contribution >= 4 is 27.5 Å². The third kappa shape index (κ3) is 3.78. The Morgan fingerprint density at radius 1 is 1.10 bits per heavy atom. The molecule has 0 radical (unpaired) electrons. The lowest BCUT2D eigenvalue weighted by molar-refractivity contribution is 0.0955. The highest BCUT2D eigenvalue weighted by molar-refractivity contribution is 9.10. The average Bonchev–Trinajstić information content (AvgIpc) is 2.45. The van der Waals surface area contributed by atoms with Crippen LogP contribution in [0.1, 0.15) is 28.4 Å². The molecule has 102 valence electrons. The standard InChI is InChI=1S/C16H15BrN2O/c1-11-4-3-5-14(10-11)12(2)18-19-16(20)13-6-8-15(17)9-7-13/h3-10H,1-2H3,(H,19,20). The summed E-state index contributed by atoms with van der Waals surface area (Å²) in [5, 5.41) is 4.14. The maximum absolute atomic E-state index is 11.9. The van der Waals surface area contributed by atoms with Crippen LogP contribution in [0.5, 0.6) is 0 Å². The number of nitrogens with one attached hydrogen (secondary N) is 1. The molecular weight excluding hydrogens is 316 g/mol. The van der Waals surface area contributed by atoms with Crippen molar-refractivity contribution in [3.63, 3.8) is 0 Å². The third-order valence-corrected chi connectivity index (χ3v) is 3.40. The number of hydrazone groups is 1. The second-order valence-corrected chi connectivity index (χ2v) is 5.43. The fourth-order valence-corrected chi connectivity index (χ4v) is 2.00. The normalized spacial score (nSPS) is 11.2. The van der Waals surface area contributed by atoms with Gasteiger partial charge in [-0.1, -0.05) is 45.8 Å². The molecule has 2 rings (SSSR count). The first-order valence-corrected chi connectivity index (χ1v) is 7.03. The Morgan fingerprint density at radius 3 is 2.45 bits per heavy atom. The van der Waals surface area contributed by atoms with Gasteiger partial charge in [-0.05, 0) is 43.7 Å². The molecule has 0 aliphatic rings. The zero-order chi connectivity index (χ0) is 14.5. The fourth-order valence-electron chi connectivity index (χ4n) is 1.74. The molecule has 0 bridgehead atoms. The Bertz CT molecular complexity index is 648. The van der Waals surface area contributed by atoms with Crippen LogP contribution in [-0.4, -0.2) is 11.6 Å². The summed E-state index contributed by atoms with van der Waals surface area (Å²) in [6.45, 7) is 3.90. The predicted octanol–water partition coefficient (Wildman–Crippen LogP) is 3.91. The number of benzene rings is 2. The number of nitrogens with zero attached hydrogens (tertiary/aromatic N) is 1. The summed E-state index contributed by atoms with van der Waals surface area (Å²) in [6.07, 6.45) is 0. The van der Waals surface area contributed by atoms with Gasteiger partial charge in [0.25, 0.3) is 5.91 Å². The van der Waals surface area contributed by atoms with Crippen molar-refractivity contribution in [2.45, 2.75) is 13.8 Å². The highest BCUT2D eigenvalue weighted by atomic mass is 79.9. The van der Waals surface area contributed by atoms with Crippen LogP contribution in [0, 0.1) is 6.92 Å². The SMILES string of the molecule is CC(=NNC(=O)c1ccc(Br)cc1)c1cccc(C)c1. The molecule has 2 aromatic rings. The van der Waals surface area contributed by atoms with E-state index in [1.807, 2.05) is 50.2 Å². The number of halogens is 1.